The van der Waals surface area contributed by atoms with E-state index < -0.39 is 5.97 Å². The predicted molar refractivity (Wildman–Crippen MR) is 70.1 cm³/mol. The van der Waals surface area contributed by atoms with Crippen molar-refractivity contribution >= 4 is 5.97 Å². The molecule has 2 aromatic rings. The van der Waals surface area contributed by atoms with Crippen molar-refractivity contribution in [3.05, 3.63) is 53.3 Å². The molecular formula is C15H13FO3. The average Bonchev–Trinajstić information content (AvgIpc) is 2.38. The van der Waals surface area contributed by atoms with Gasteiger partial charge in [0.25, 0.3) is 0 Å². The summed E-state index contributed by atoms with van der Waals surface area (Å²) in [6.45, 7) is 1.76. The Morgan fingerprint density at radius 1 is 1.26 bits per heavy atom. The van der Waals surface area contributed by atoms with Crippen molar-refractivity contribution in [1.82, 2.24) is 0 Å². The van der Waals surface area contributed by atoms with Gasteiger partial charge in [0.1, 0.15) is 17.1 Å². The first-order valence-electron chi connectivity index (χ1n) is 5.71. The van der Waals surface area contributed by atoms with E-state index in [4.69, 9.17) is 9.84 Å². The number of carboxylic acid groups (broad SMARTS) is 1. The Labute approximate surface area is 110 Å². The maximum absolute atomic E-state index is 13.2. The molecule has 1 N–H and O–H groups in total. The van der Waals surface area contributed by atoms with Crippen LogP contribution < -0.4 is 4.74 Å². The second-order valence-corrected chi connectivity index (χ2v) is 4.13. The Balaban J connectivity index is 2.64. The smallest absolute Gasteiger partial charge is 0.339 e. The summed E-state index contributed by atoms with van der Waals surface area (Å²) in [6.07, 6.45) is 0. The summed E-state index contributed by atoms with van der Waals surface area (Å²) in [6, 6.07) is 9.28. The Hall–Kier alpha value is -2.36. The quantitative estimate of drug-likeness (QED) is 0.918. The van der Waals surface area contributed by atoms with Crippen LogP contribution in [0.2, 0.25) is 0 Å². The minimum Gasteiger partial charge on any atom is -0.496 e. The largest absolute Gasteiger partial charge is 0.496 e. The summed E-state index contributed by atoms with van der Waals surface area (Å²) < 4.78 is 18.4. The minimum absolute atomic E-state index is 0.0974. The van der Waals surface area contributed by atoms with Gasteiger partial charge in [0.2, 0.25) is 0 Å². The van der Waals surface area contributed by atoms with Crippen molar-refractivity contribution in [1.29, 1.82) is 0 Å². The van der Waals surface area contributed by atoms with Crippen LogP contribution in [0.25, 0.3) is 11.1 Å². The van der Waals surface area contributed by atoms with Crippen molar-refractivity contribution in [3.8, 4) is 16.9 Å². The Morgan fingerprint density at radius 3 is 2.58 bits per heavy atom. The fourth-order valence-electron chi connectivity index (χ4n) is 2.09. The standard InChI is InChI=1S/C15H13FO3/c1-9-12(10-4-3-5-11(16)8-10)6-7-13(15(17)18)14(9)19-2/h3-8H,1-2H3,(H,17,18). The summed E-state index contributed by atoms with van der Waals surface area (Å²) in [5.41, 5.74) is 2.21. The molecule has 2 rings (SSSR count). The van der Waals surface area contributed by atoms with Crippen LogP contribution in [0.3, 0.4) is 0 Å². The highest BCUT2D eigenvalue weighted by Crippen LogP contribution is 2.33. The summed E-state index contributed by atoms with van der Waals surface area (Å²) in [5, 5.41) is 9.09. The third-order valence-corrected chi connectivity index (χ3v) is 2.98. The van der Waals surface area contributed by atoms with Gasteiger partial charge in [-0.05, 0) is 41.8 Å². The first-order valence-corrected chi connectivity index (χ1v) is 5.71. The Morgan fingerprint density at radius 2 is 2.00 bits per heavy atom. The third-order valence-electron chi connectivity index (χ3n) is 2.98. The van der Waals surface area contributed by atoms with Crippen LogP contribution >= 0.6 is 0 Å². The number of aromatic carboxylic acids is 1. The SMILES string of the molecule is COc1c(C(=O)O)ccc(-c2cccc(F)c2)c1C. The van der Waals surface area contributed by atoms with Gasteiger partial charge >= 0.3 is 5.97 Å². The van der Waals surface area contributed by atoms with Crippen molar-refractivity contribution < 1.29 is 19.0 Å². The highest BCUT2D eigenvalue weighted by atomic mass is 19.1. The average molecular weight is 260 g/mol. The topological polar surface area (TPSA) is 46.5 Å². The lowest BCUT2D eigenvalue weighted by Gasteiger charge is -2.13. The van der Waals surface area contributed by atoms with Gasteiger partial charge in [0.15, 0.2) is 0 Å². The van der Waals surface area contributed by atoms with Crippen LogP contribution in [0.4, 0.5) is 4.39 Å². The van der Waals surface area contributed by atoms with Crippen molar-refractivity contribution in [2.45, 2.75) is 6.92 Å². The first kappa shape index (κ1) is 13.1. The molecule has 98 valence electrons. The highest BCUT2D eigenvalue weighted by molar-refractivity contribution is 5.93. The lowest BCUT2D eigenvalue weighted by atomic mass is 9.97. The molecule has 4 heteroatoms. The summed E-state index contributed by atoms with van der Waals surface area (Å²) in [5.74, 6) is -1.09. The lowest BCUT2D eigenvalue weighted by molar-refractivity contribution is 0.0693. The zero-order valence-corrected chi connectivity index (χ0v) is 10.6. The first-order chi connectivity index (χ1) is 9.04. The van der Waals surface area contributed by atoms with Crippen LogP contribution in [0.1, 0.15) is 15.9 Å². The molecule has 0 amide bonds. The van der Waals surface area contributed by atoms with Gasteiger partial charge in [0.05, 0.1) is 7.11 Å². The molecule has 0 aliphatic carbocycles. The number of rotatable bonds is 3. The van der Waals surface area contributed by atoms with Crippen molar-refractivity contribution in [2.75, 3.05) is 7.11 Å². The zero-order chi connectivity index (χ0) is 14.0. The zero-order valence-electron chi connectivity index (χ0n) is 10.6. The minimum atomic E-state index is -1.05. The molecule has 19 heavy (non-hydrogen) atoms. The number of carboxylic acids is 1. The van der Waals surface area contributed by atoms with Crippen molar-refractivity contribution in [3.63, 3.8) is 0 Å². The van der Waals surface area contributed by atoms with Gasteiger partial charge in [-0.15, -0.1) is 0 Å². The number of hydrogen-bond donors (Lipinski definition) is 1. The number of methoxy groups -OCH3 is 1. The molecule has 2 aromatic carbocycles. The number of benzene rings is 2. The van der Waals surface area contributed by atoms with Gasteiger partial charge in [-0.1, -0.05) is 18.2 Å². The van der Waals surface area contributed by atoms with E-state index in [9.17, 15) is 9.18 Å². The van der Waals surface area contributed by atoms with E-state index in [1.54, 1.807) is 25.1 Å². The van der Waals surface area contributed by atoms with Gasteiger partial charge in [-0.3, -0.25) is 0 Å². The molecule has 0 bridgehead atoms. The van der Waals surface area contributed by atoms with Crippen molar-refractivity contribution in [2.24, 2.45) is 0 Å². The van der Waals surface area contributed by atoms with Gasteiger partial charge in [-0.25, -0.2) is 9.18 Å². The van der Waals surface area contributed by atoms with Crippen LogP contribution in [0, 0.1) is 12.7 Å². The van der Waals surface area contributed by atoms with Gasteiger partial charge in [0, 0.05) is 0 Å². The van der Waals surface area contributed by atoms with Crippen LogP contribution in [-0.2, 0) is 0 Å². The Kier molecular flexibility index (Phi) is 3.51. The van der Waals surface area contributed by atoms with Crippen LogP contribution in [0.5, 0.6) is 5.75 Å². The molecule has 0 atom stereocenters. The van der Waals surface area contributed by atoms with E-state index in [-0.39, 0.29) is 11.4 Å². The summed E-state index contributed by atoms with van der Waals surface area (Å²) in [4.78, 5) is 11.1. The second-order valence-electron chi connectivity index (χ2n) is 4.13. The molecular weight excluding hydrogens is 247 g/mol. The molecule has 0 spiro atoms. The molecule has 3 nitrogen and oxygen atoms in total. The maximum Gasteiger partial charge on any atom is 0.339 e. The van der Waals surface area contributed by atoms with E-state index in [1.807, 2.05) is 0 Å². The number of ether oxygens (including phenoxy) is 1. The number of halogens is 1. The maximum atomic E-state index is 13.2. The normalized spacial score (nSPS) is 10.3. The molecule has 0 aromatic heterocycles. The monoisotopic (exact) mass is 260 g/mol. The molecule has 0 fully saturated rings. The van der Waals surface area contributed by atoms with E-state index >= 15 is 0 Å². The number of carbonyl (C=O) groups is 1. The molecule has 0 heterocycles. The second kappa shape index (κ2) is 5.10. The summed E-state index contributed by atoms with van der Waals surface area (Å²) in [7, 11) is 1.42. The lowest BCUT2D eigenvalue weighted by Crippen LogP contribution is -2.03. The van der Waals surface area contributed by atoms with Gasteiger partial charge in [-0.2, -0.15) is 0 Å². The van der Waals surface area contributed by atoms with E-state index in [2.05, 4.69) is 0 Å². The molecule has 0 saturated heterocycles. The summed E-state index contributed by atoms with van der Waals surface area (Å²) >= 11 is 0. The van der Waals surface area contributed by atoms with E-state index in [1.165, 1.54) is 25.3 Å². The third kappa shape index (κ3) is 2.42. The molecule has 0 aliphatic heterocycles. The predicted octanol–water partition coefficient (Wildman–Crippen LogP) is 3.51. The highest BCUT2D eigenvalue weighted by Gasteiger charge is 2.16. The Bertz CT molecular complexity index is 635. The molecule has 0 radical (unpaired) electrons. The van der Waals surface area contributed by atoms with Crippen LogP contribution in [-0.4, -0.2) is 18.2 Å². The molecule has 0 saturated carbocycles. The molecule has 0 unspecified atom stereocenters. The fourth-order valence-corrected chi connectivity index (χ4v) is 2.09. The van der Waals surface area contributed by atoms with E-state index in [0.29, 0.717) is 16.9 Å². The number of hydrogen-bond acceptors (Lipinski definition) is 2. The van der Waals surface area contributed by atoms with Crippen LogP contribution in [0.15, 0.2) is 36.4 Å². The van der Waals surface area contributed by atoms with Gasteiger partial charge < -0.3 is 9.84 Å². The van der Waals surface area contributed by atoms with E-state index in [0.717, 1.165) is 5.56 Å². The fraction of sp³-hybridized carbons (Fsp3) is 0.133. The molecule has 0 aliphatic rings.